The van der Waals surface area contributed by atoms with E-state index in [1.807, 2.05) is 37.4 Å². The van der Waals surface area contributed by atoms with Gasteiger partial charge in [0, 0.05) is 32.1 Å². The average molecular weight is 1660 g/mol. The summed E-state index contributed by atoms with van der Waals surface area (Å²) in [5.74, 6) is 2.97. The van der Waals surface area contributed by atoms with Gasteiger partial charge in [0.15, 0.2) is 17.9 Å². The van der Waals surface area contributed by atoms with Crippen LogP contribution in [0.2, 0.25) is 0 Å². The Labute approximate surface area is 685 Å². The summed E-state index contributed by atoms with van der Waals surface area (Å²) in [5.41, 5.74) is 40.5. The molecule has 0 fully saturated rings. The van der Waals surface area contributed by atoms with E-state index in [4.69, 9.17) is 53.3 Å². The number of ketones is 3. The molecule has 0 aliphatic heterocycles. The Bertz CT molecular complexity index is 5100. The van der Waals surface area contributed by atoms with Gasteiger partial charge in [-0.2, -0.15) is 4.99 Å². The maximum atomic E-state index is 12.5. The molecule has 1 aromatic heterocycles. The van der Waals surface area contributed by atoms with Gasteiger partial charge in [-0.1, -0.05) is 134 Å². The molecule has 10 rings (SSSR count). The minimum atomic E-state index is -3.81. The molecule has 1 aliphatic rings. The van der Waals surface area contributed by atoms with Gasteiger partial charge in [-0.3, -0.25) is 29.2 Å². The number of carbonyl (C=O) groups is 4. The third kappa shape index (κ3) is 32.7. The van der Waals surface area contributed by atoms with Crippen LogP contribution in [0.25, 0.3) is 0 Å². The van der Waals surface area contributed by atoms with E-state index in [2.05, 4.69) is 88.8 Å². The van der Waals surface area contributed by atoms with Gasteiger partial charge >= 0.3 is 0 Å². The molecule has 0 radical (unpaired) electrons. The van der Waals surface area contributed by atoms with Crippen LogP contribution in [-0.4, -0.2) is 136 Å². The second-order valence-electron chi connectivity index (χ2n) is 27.2. The molecule has 8 aromatic carbocycles. The fourth-order valence-corrected chi connectivity index (χ4v) is 15.8. The Morgan fingerprint density at radius 2 is 0.863 bits per heavy atom. The van der Waals surface area contributed by atoms with Gasteiger partial charge in [-0.05, 0) is 220 Å². The summed E-state index contributed by atoms with van der Waals surface area (Å²) in [5, 5.41) is 3.08. The van der Waals surface area contributed by atoms with Crippen LogP contribution < -0.4 is 72.8 Å². The molecule has 1 unspecified atom stereocenters. The van der Waals surface area contributed by atoms with Crippen LogP contribution in [-0.2, 0) is 87.8 Å². The number of aliphatic imine (C=N–C) groups is 3. The zero-order chi connectivity index (χ0) is 84.8. The number of hydrogen-bond acceptors (Lipinski definition) is 18. The number of guanidine groups is 3. The number of rotatable bonds is 39. The number of nitrogens with zero attached hydrogens (tertiary/aromatic N) is 4. The number of unbranched alkanes of at least 4 members (excludes halogenated alkanes) is 1. The van der Waals surface area contributed by atoms with Gasteiger partial charge < -0.3 is 58.7 Å². The molecule has 0 saturated carbocycles. The number of nitrogens with two attached hydrogens (primary N) is 6. The molecular formula is C86H106N14O14S3. The van der Waals surface area contributed by atoms with E-state index in [0.717, 1.165) is 66.1 Å². The molecular weight excluding hydrogens is 1550 g/mol. The van der Waals surface area contributed by atoms with Crippen LogP contribution in [0.1, 0.15) is 110 Å². The Balaban J connectivity index is 0.000000216. The zero-order valence-electron chi connectivity index (χ0n) is 66.4. The fourth-order valence-electron chi connectivity index (χ4n) is 11.9. The summed E-state index contributed by atoms with van der Waals surface area (Å²) in [6.07, 6.45) is 7.01. The topological polar surface area (TPSA) is 462 Å². The fraction of sp³-hybridized carbons (Fsp3) is 0.302. The van der Waals surface area contributed by atoms with E-state index in [1.54, 1.807) is 115 Å². The van der Waals surface area contributed by atoms with Gasteiger partial charge in [0.05, 0.1) is 59.2 Å². The Morgan fingerprint density at radius 1 is 0.444 bits per heavy atom. The minimum absolute atomic E-state index is 0.00665. The van der Waals surface area contributed by atoms with Crippen LogP contribution in [0.4, 0.5) is 5.82 Å². The third-order valence-corrected chi connectivity index (χ3v) is 22.6. The molecule has 622 valence electrons. The van der Waals surface area contributed by atoms with Crippen molar-refractivity contribution in [3.05, 3.63) is 269 Å². The average Bonchev–Trinajstić information content (AvgIpc) is 1.72. The first-order chi connectivity index (χ1) is 56.0. The highest BCUT2D eigenvalue weighted by Crippen LogP contribution is 2.35. The Hall–Kier alpha value is -11.9. The van der Waals surface area contributed by atoms with Gasteiger partial charge in [0.25, 0.3) is 0 Å². The molecule has 1 amide bonds. The van der Waals surface area contributed by atoms with Crippen LogP contribution in [0.3, 0.4) is 0 Å². The number of sulfonamides is 3. The maximum absolute atomic E-state index is 12.5. The molecule has 1 heterocycles. The van der Waals surface area contributed by atoms with Gasteiger partial charge in [-0.25, -0.2) is 44.4 Å². The van der Waals surface area contributed by atoms with E-state index >= 15 is 0 Å². The van der Waals surface area contributed by atoms with Crippen molar-refractivity contribution >= 4 is 77.0 Å². The van der Waals surface area contributed by atoms with E-state index in [-0.39, 0.29) is 75.6 Å². The number of anilines is 1. The number of pyridine rings is 1. The Kier molecular flexibility index (Phi) is 37.3. The van der Waals surface area contributed by atoms with Crippen molar-refractivity contribution in [1.82, 2.24) is 19.2 Å². The Morgan fingerprint density at radius 3 is 1.30 bits per heavy atom. The number of ether oxygens (including phenoxy) is 4. The first kappa shape index (κ1) is 92.3. The third-order valence-electron chi connectivity index (χ3n) is 18.1. The second-order valence-corrected chi connectivity index (χ2v) is 32.4. The number of fused-ring (bicyclic) bond motifs is 2. The molecule has 16 N–H and O–H groups in total. The lowest BCUT2D eigenvalue weighted by Gasteiger charge is -2.16. The summed E-state index contributed by atoms with van der Waals surface area (Å²) in [7, 11) is -9.48. The van der Waals surface area contributed by atoms with Crippen molar-refractivity contribution in [2.24, 2.45) is 49.4 Å². The number of amides is 1. The molecule has 9 aromatic rings. The van der Waals surface area contributed by atoms with E-state index in [1.165, 1.54) is 85.8 Å². The van der Waals surface area contributed by atoms with Gasteiger partial charge in [-0.15, -0.1) is 0 Å². The normalized spacial score (nSPS) is 12.9. The predicted octanol–water partition coefficient (Wildman–Crippen LogP) is 8.92. The molecule has 1 aliphatic carbocycles. The highest BCUT2D eigenvalue weighted by atomic mass is 32.2. The van der Waals surface area contributed by atoms with E-state index in [9.17, 15) is 44.4 Å². The monoisotopic (exact) mass is 1650 g/mol. The highest BCUT2D eigenvalue weighted by molar-refractivity contribution is 7.90. The summed E-state index contributed by atoms with van der Waals surface area (Å²) in [6.45, 7) is 9.08. The number of aromatic nitrogens is 1. The van der Waals surface area contributed by atoms with Crippen LogP contribution in [0.5, 0.6) is 23.0 Å². The molecule has 28 nitrogen and oxygen atoms in total. The van der Waals surface area contributed by atoms with Crippen molar-refractivity contribution in [2.45, 2.75) is 137 Å². The first-order valence-electron chi connectivity index (χ1n) is 38.1. The SMILES string of the molecule is CC(=O)[C@H](Cc1ccc(OCCCC(=O)N=C(N)N)cc1)NS(=O)(=O)c1ccccc1.CC(=O)[C@H](Cc1ccc(OCCCCN=C(N)N)cc1)NS(=O)(=O)c1ccccc1.CC(=O)[C@H](Cc1ccc(OCCN=C(N)N)cc1)NS(=O)(=O)c1ccccc1.CCC1Cc2ccc(OCCc3cccc(NC)n3)cc2Cc2ccccc21. The number of carbonyl (C=O) groups excluding carboxylic acids is 4. The highest BCUT2D eigenvalue weighted by Gasteiger charge is 2.28. The quantitative estimate of drug-likeness (QED) is 0.00975. The molecule has 0 bridgehead atoms. The minimum Gasteiger partial charge on any atom is -0.494 e. The lowest BCUT2D eigenvalue weighted by atomic mass is 9.89. The summed E-state index contributed by atoms with van der Waals surface area (Å²) >= 11 is 0. The molecule has 117 heavy (non-hydrogen) atoms. The largest absolute Gasteiger partial charge is 0.494 e. The van der Waals surface area contributed by atoms with Crippen LogP contribution >= 0.6 is 0 Å². The summed E-state index contributed by atoms with van der Waals surface area (Å²) < 4.78 is 105. The van der Waals surface area contributed by atoms with Crippen molar-refractivity contribution in [2.75, 3.05) is 51.9 Å². The number of Topliss-reactive ketones (excluding diaryl/α,β-unsaturated/α-hetero) is 3. The van der Waals surface area contributed by atoms with Crippen molar-refractivity contribution < 1.29 is 63.4 Å². The first-order valence-corrected chi connectivity index (χ1v) is 42.5. The van der Waals surface area contributed by atoms with Crippen LogP contribution in [0, 0.1) is 0 Å². The van der Waals surface area contributed by atoms with Crippen molar-refractivity contribution in [1.29, 1.82) is 0 Å². The summed E-state index contributed by atoms with van der Waals surface area (Å²) in [4.78, 5) is 63.4. The smallest absolute Gasteiger partial charge is 0.248 e. The van der Waals surface area contributed by atoms with Gasteiger partial charge in [0.1, 0.15) is 52.8 Å². The second kappa shape index (κ2) is 47.2. The standard InChI is InChI=1S/C25H28N2O.C21H26N4O5S.C21H28N4O4S.C19H24N4O4S/c1-3-18-15-19-11-12-23(17-21(19)16-20-7-4-5-9-24(18)20)28-14-13-22-8-6-10-25(26-2)27-22;1-15(26)19(25-31(28,29)18-6-3-2-4-7-18)14-16-9-11-17(12-10-16)30-13-5-8-20(27)24-21(22)23;1-16(26)20(25-30(27,28)19-7-3-2-4-8-19)15-17-9-11-18(12-10-17)29-14-6-5-13-24-21(22)23;1-14(24)18(23-28(25,26)17-5-3-2-4-6-17)13-15-7-9-16(10-8-15)27-12-11-22-19(20)21/h4-12,17-18H,3,13-16H2,1-2H3,(H,26,27);2-4,6-7,9-12,19,25H,5,8,13-14H2,1H3,(H4,22,23,24,27);2-4,7-12,20,25H,5-6,13-15H2,1H3,(H4,22,23,24);2-10,18,23H,11-13H2,1H3,(H4,20,21,22)/t;19-;20-;18-/m.000/s1. The number of nitrogens with one attached hydrogen (secondary N) is 4. The number of benzene rings is 8. The maximum Gasteiger partial charge on any atom is 0.248 e. The molecule has 31 heteroatoms. The van der Waals surface area contributed by atoms with Crippen molar-refractivity contribution in [3.63, 3.8) is 0 Å². The number of hydrogen-bond donors (Lipinski definition) is 10. The summed E-state index contributed by atoms with van der Waals surface area (Å²) in [6, 6.07) is 64.0. The lowest BCUT2D eigenvalue weighted by molar-refractivity contribution is -0.119. The predicted molar refractivity (Wildman–Crippen MR) is 457 cm³/mol. The molecule has 0 saturated heterocycles. The zero-order valence-corrected chi connectivity index (χ0v) is 68.8. The van der Waals surface area contributed by atoms with E-state index < -0.39 is 54.1 Å². The molecule has 4 atom stereocenters. The van der Waals surface area contributed by atoms with Crippen LogP contribution in [0.15, 0.2) is 254 Å². The van der Waals surface area contributed by atoms with Gasteiger partial charge in [0.2, 0.25) is 36.0 Å². The lowest BCUT2D eigenvalue weighted by Crippen LogP contribution is -2.41. The van der Waals surface area contributed by atoms with Crippen molar-refractivity contribution in [3.8, 4) is 23.0 Å². The van der Waals surface area contributed by atoms with E-state index in [0.29, 0.717) is 69.1 Å². The molecule has 0 spiro atoms.